The van der Waals surface area contributed by atoms with Crippen LogP contribution in [-0.4, -0.2) is 4.08 Å². The third kappa shape index (κ3) is 2.52. The van der Waals surface area contributed by atoms with E-state index in [0.717, 1.165) is 12.0 Å². The van der Waals surface area contributed by atoms with Crippen molar-refractivity contribution in [1.82, 2.24) is 0 Å². The van der Waals surface area contributed by atoms with Crippen LogP contribution in [0.2, 0.25) is 0 Å². The fourth-order valence-electron chi connectivity index (χ4n) is 1.88. The lowest BCUT2D eigenvalue weighted by molar-refractivity contribution is 0.836. The molecule has 2 N–H and O–H groups in total. The molecule has 0 fully saturated rings. The molecular weight excluding hydrogens is 260 g/mol. The molecule has 2 atom stereocenters. The maximum Gasteiger partial charge on any atom is 0.0990 e. The van der Waals surface area contributed by atoms with Gasteiger partial charge in [0.2, 0.25) is 0 Å². The van der Waals surface area contributed by atoms with Gasteiger partial charge < -0.3 is 5.73 Å². The molecule has 1 heterocycles. The van der Waals surface area contributed by atoms with E-state index in [9.17, 15) is 5.26 Å². The third-order valence-electron chi connectivity index (χ3n) is 3.09. The van der Waals surface area contributed by atoms with E-state index in [1.54, 1.807) is 11.8 Å². The molecule has 1 aliphatic heterocycles. The molecule has 0 aliphatic carbocycles. The molecule has 0 saturated heterocycles. The van der Waals surface area contributed by atoms with Crippen LogP contribution in [0.1, 0.15) is 31.1 Å². The van der Waals surface area contributed by atoms with Crippen LogP contribution >= 0.6 is 23.5 Å². The summed E-state index contributed by atoms with van der Waals surface area (Å²) in [7, 11) is 0. The van der Waals surface area contributed by atoms with E-state index >= 15 is 0 Å². The third-order valence-corrected chi connectivity index (χ3v) is 6.32. The van der Waals surface area contributed by atoms with Crippen molar-refractivity contribution in [3.05, 3.63) is 46.5 Å². The SMILES string of the molecule is CCC1(C)SC(N)=C(C#N)C(c2ccccc2)S1. The van der Waals surface area contributed by atoms with Crippen LogP contribution in [0.15, 0.2) is 40.9 Å². The average molecular weight is 276 g/mol. The van der Waals surface area contributed by atoms with Gasteiger partial charge in [0.05, 0.1) is 26.0 Å². The zero-order valence-electron chi connectivity index (χ0n) is 10.5. The van der Waals surface area contributed by atoms with Crippen molar-refractivity contribution in [2.45, 2.75) is 29.6 Å². The van der Waals surface area contributed by atoms with E-state index < -0.39 is 0 Å². The van der Waals surface area contributed by atoms with Gasteiger partial charge in [-0.1, -0.05) is 49.0 Å². The highest BCUT2D eigenvalue weighted by Crippen LogP contribution is 2.56. The van der Waals surface area contributed by atoms with Gasteiger partial charge in [-0.15, -0.1) is 11.8 Å². The fourth-order valence-corrected chi connectivity index (χ4v) is 4.84. The van der Waals surface area contributed by atoms with Crippen LogP contribution in [0.3, 0.4) is 0 Å². The van der Waals surface area contributed by atoms with Gasteiger partial charge in [0.15, 0.2) is 0 Å². The Kier molecular flexibility index (Phi) is 3.94. The lowest BCUT2D eigenvalue weighted by atomic mass is 10.1. The van der Waals surface area contributed by atoms with Crippen molar-refractivity contribution >= 4 is 23.5 Å². The van der Waals surface area contributed by atoms with Crippen LogP contribution in [0, 0.1) is 11.3 Å². The van der Waals surface area contributed by atoms with Gasteiger partial charge in [-0.25, -0.2) is 0 Å². The molecule has 0 saturated carbocycles. The first-order valence-corrected chi connectivity index (χ1v) is 7.61. The van der Waals surface area contributed by atoms with Crippen molar-refractivity contribution in [2.24, 2.45) is 5.73 Å². The molecule has 1 aromatic carbocycles. The number of nitrogens with two attached hydrogens (primary N) is 1. The van der Waals surface area contributed by atoms with Gasteiger partial charge in [0, 0.05) is 0 Å². The minimum absolute atomic E-state index is 0.0466. The normalized spacial score (nSPS) is 27.9. The van der Waals surface area contributed by atoms with E-state index in [1.807, 2.05) is 30.0 Å². The smallest absolute Gasteiger partial charge is 0.0990 e. The molecule has 0 radical (unpaired) electrons. The Labute approximate surface area is 117 Å². The minimum atomic E-state index is 0.0466. The second kappa shape index (κ2) is 5.29. The molecule has 0 spiro atoms. The molecule has 94 valence electrons. The zero-order chi connectivity index (χ0) is 13.2. The van der Waals surface area contributed by atoms with Crippen molar-refractivity contribution in [3.8, 4) is 6.07 Å². The van der Waals surface area contributed by atoms with Gasteiger partial charge in [-0.05, 0) is 18.9 Å². The number of hydrogen-bond acceptors (Lipinski definition) is 4. The Balaban J connectivity index is 2.45. The highest BCUT2D eigenvalue weighted by Gasteiger charge is 2.37. The first-order chi connectivity index (χ1) is 8.59. The van der Waals surface area contributed by atoms with Crippen molar-refractivity contribution in [3.63, 3.8) is 0 Å². The summed E-state index contributed by atoms with van der Waals surface area (Å²) in [5.74, 6) is 0. The van der Waals surface area contributed by atoms with Crippen LogP contribution in [0.4, 0.5) is 0 Å². The number of nitriles is 1. The predicted molar refractivity (Wildman–Crippen MR) is 79.9 cm³/mol. The summed E-state index contributed by atoms with van der Waals surface area (Å²) in [4.78, 5) is 0. The molecule has 1 aromatic rings. The lowest BCUT2D eigenvalue weighted by Gasteiger charge is -2.36. The second-order valence-corrected chi connectivity index (χ2v) is 7.80. The van der Waals surface area contributed by atoms with Gasteiger partial charge in [0.25, 0.3) is 0 Å². The number of hydrogen-bond donors (Lipinski definition) is 1. The standard InChI is InChI=1S/C14H16N2S2/c1-3-14(2)17-12(10-7-5-4-6-8-10)11(9-15)13(16)18-14/h4-8,12H,3,16H2,1-2H3. The quantitative estimate of drug-likeness (QED) is 0.886. The van der Waals surface area contributed by atoms with E-state index in [4.69, 9.17) is 5.73 Å². The monoisotopic (exact) mass is 276 g/mol. The Morgan fingerprint density at radius 3 is 2.61 bits per heavy atom. The second-order valence-electron chi connectivity index (χ2n) is 4.39. The molecule has 4 heteroatoms. The zero-order valence-corrected chi connectivity index (χ0v) is 12.1. The van der Waals surface area contributed by atoms with Gasteiger partial charge in [0.1, 0.15) is 0 Å². The van der Waals surface area contributed by atoms with Crippen LogP contribution in [0.25, 0.3) is 0 Å². The average Bonchev–Trinajstić information content (AvgIpc) is 2.39. The number of rotatable bonds is 2. The first-order valence-electron chi connectivity index (χ1n) is 5.91. The molecule has 0 amide bonds. The summed E-state index contributed by atoms with van der Waals surface area (Å²) < 4.78 is 0.0466. The van der Waals surface area contributed by atoms with Gasteiger partial charge in [-0.3, -0.25) is 0 Å². The number of nitrogens with zero attached hydrogens (tertiary/aromatic N) is 1. The summed E-state index contributed by atoms with van der Waals surface area (Å²) in [6.45, 7) is 4.35. The number of benzene rings is 1. The topological polar surface area (TPSA) is 49.8 Å². The summed E-state index contributed by atoms with van der Waals surface area (Å²) in [6.07, 6.45) is 1.02. The summed E-state index contributed by atoms with van der Waals surface area (Å²) in [5.41, 5.74) is 7.93. The maximum atomic E-state index is 9.32. The van der Waals surface area contributed by atoms with Crippen molar-refractivity contribution in [2.75, 3.05) is 0 Å². The van der Waals surface area contributed by atoms with Gasteiger partial charge in [-0.2, -0.15) is 5.26 Å². The predicted octanol–water partition coefficient (Wildman–Crippen LogP) is 4.03. The van der Waals surface area contributed by atoms with Crippen molar-refractivity contribution in [1.29, 1.82) is 5.26 Å². The molecule has 0 bridgehead atoms. The van der Waals surface area contributed by atoms with Crippen LogP contribution in [-0.2, 0) is 0 Å². The summed E-state index contributed by atoms with van der Waals surface area (Å²) >= 11 is 3.44. The van der Waals surface area contributed by atoms with Gasteiger partial charge >= 0.3 is 0 Å². The molecule has 18 heavy (non-hydrogen) atoms. The molecular formula is C14H16N2S2. The molecule has 0 aromatic heterocycles. The highest BCUT2D eigenvalue weighted by atomic mass is 32.2. The van der Waals surface area contributed by atoms with Crippen LogP contribution in [0.5, 0.6) is 0 Å². The van der Waals surface area contributed by atoms with E-state index in [2.05, 4.69) is 32.0 Å². The molecule has 2 rings (SSSR count). The lowest BCUT2D eigenvalue weighted by Crippen LogP contribution is -2.24. The van der Waals surface area contributed by atoms with E-state index in [-0.39, 0.29) is 9.33 Å². The minimum Gasteiger partial charge on any atom is -0.393 e. The Morgan fingerprint density at radius 1 is 1.39 bits per heavy atom. The van der Waals surface area contributed by atoms with E-state index in [0.29, 0.717) is 10.6 Å². The molecule has 2 nitrogen and oxygen atoms in total. The van der Waals surface area contributed by atoms with E-state index in [1.165, 1.54) is 0 Å². The van der Waals surface area contributed by atoms with Crippen molar-refractivity contribution < 1.29 is 0 Å². The largest absolute Gasteiger partial charge is 0.393 e. The Morgan fingerprint density at radius 2 is 2.06 bits per heavy atom. The molecule has 1 aliphatic rings. The maximum absolute atomic E-state index is 9.32. The fraction of sp³-hybridized carbons (Fsp3) is 0.357. The Hall–Kier alpha value is -1.05. The highest BCUT2D eigenvalue weighted by molar-refractivity contribution is 8.20. The van der Waals surface area contributed by atoms with Crippen LogP contribution < -0.4 is 5.73 Å². The summed E-state index contributed by atoms with van der Waals surface area (Å²) in [6, 6.07) is 12.4. The molecule has 2 unspecified atom stereocenters. The first kappa shape index (κ1) is 13.4. The summed E-state index contributed by atoms with van der Waals surface area (Å²) in [5, 5.41) is 10.1. The number of thioether (sulfide) groups is 2. The Bertz CT molecular complexity index is 504.